The zero-order valence-corrected chi connectivity index (χ0v) is 12.9. The minimum Gasteiger partial charge on any atom is -0.444 e. The highest BCUT2D eigenvalue weighted by atomic mass is 32.2. The fourth-order valence-corrected chi connectivity index (χ4v) is 3.78. The van der Waals surface area contributed by atoms with Crippen molar-refractivity contribution in [2.75, 3.05) is 18.8 Å². The molecule has 0 unspecified atom stereocenters. The SMILES string of the molecule is CC(C)(C)OC(=O)N1CC[C@@H](Sc2nnc(N)s2)C1. The van der Waals surface area contributed by atoms with Crippen molar-refractivity contribution >= 4 is 34.3 Å². The van der Waals surface area contributed by atoms with E-state index in [1.165, 1.54) is 11.3 Å². The second-order valence-corrected chi connectivity index (χ2v) is 7.92. The van der Waals surface area contributed by atoms with Crippen LogP contribution in [0.25, 0.3) is 0 Å². The average Bonchev–Trinajstić information content (AvgIpc) is 2.86. The van der Waals surface area contributed by atoms with Crippen molar-refractivity contribution in [1.29, 1.82) is 0 Å². The van der Waals surface area contributed by atoms with Crippen molar-refractivity contribution < 1.29 is 9.53 Å². The number of hydrogen-bond acceptors (Lipinski definition) is 7. The van der Waals surface area contributed by atoms with Gasteiger partial charge in [0.2, 0.25) is 5.13 Å². The maximum absolute atomic E-state index is 11.9. The van der Waals surface area contributed by atoms with Crippen molar-refractivity contribution in [3.63, 3.8) is 0 Å². The number of carbonyl (C=O) groups is 1. The van der Waals surface area contributed by atoms with E-state index in [4.69, 9.17) is 10.5 Å². The van der Waals surface area contributed by atoms with Crippen LogP contribution in [-0.4, -0.2) is 45.1 Å². The summed E-state index contributed by atoms with van der Waals surface area (Å²) in [5.41, 5.74) is 5.10. The molecular weight excluding hydrogens is 284 g/mol. The molecule has 1 aliphatic heterocycles. The van der Waals surface area contributed by atoms with Gasteiger partial charge in [-0.3, -0.25) is 0 Å². The second-order valence-electron chi connectivity index (χ2n) is 5.36. The third-order valence-corrected chi connectivity index (χ3v) is 4.57. The van der Waals surface area contributed by atoms with Gasteiger partial charge in [0.15, 0.2) is 4.34 Å². The largest absolute Gasteiger partial charge is 0.444 e. The smallest absolute Gasteiger partial charge is 0.410 e. The van der Waals surface area contributed by atoms with Gasteiger partial charge in [0.25, 0.3) is 0 Å². The highest BCUT2D eigenvalue weighted by Crippen LogP contribution is 2.32. The first-order chi connectivity index (χ1) is 8.83. The maximum Gasteiger partial charge on any atom is 0.410 e. The molecule has 0 bridgehead atoms. The van der Waals surface area contributed by atoms with Crippen LogP contribution in [0.15, 0.2) is 4.34 Å². The summed E-state index contributed by atoms with van der Waals surface area (Å²) in [4.78, 5) is 13.7. The van der Waals surface area contributed by atoms with Crippen LogP contribution >= 0.6 is 23.1 Å². The first kappa shape index (κ1) is 14.4. The number of aromatic nitrogens is 2. The van der Waals surface area contributed by atoms with Gasteiger partial charge in [-0.25, -0.2) is 4.79 Å². The molecular formula is C11H18N4O2S2. The molecule has 0 aromatic carbocycles. The molecule has 0 spiro atoms. The number of hydrogen-bond donors (Lipinski definition) is 1. The second kappa shape index (κ2) is 5.54. The summed E-state index contributed by atoms with van der Waals surface area (Å²) < 4.78 is 6.21. The van der Waals surface area contributed by atoms with E-state index in [0.29, 0.717) is 16.9 Å². The molecule has 106 valence electrons. The summed E-state index contributed by atoms with van der Waals surface area (Å²) in [6, 6.07) is 0. The summed E-state index contributed by atoms with van der Waals surface area (Å²) in [5.74, 6) is 0. The molecule has 1 amide bonds. The lowest BCUT2D eigenvalue weighted by Crippen LogP contribution is -2.35. The zero-order valence-electron chi connectivity index (χ0n) is 11.3. The summed E-state index contributed by atoms with van der Waals surface area (Å²) >= 11 is 3.00. The van der Waals surface area contributed by atoms with Crippen molar-refractivity contribution in [3.8, 4) is 0 Å². The lowest BCUT2D eigenvalue weighted by molar-refractivity contribution is 0.0295. The van der Waals surface area contributed by atoms with Crippen LogP contribution in [-0.2, 0) is 4.74 Å². The molecule has 2 rings (SSSR count). The zero-order chi connectivity index (χ0) is 14.0. The number of likely N-dealkylation sites (tertiary alicyclic amines) is 1. The molecule has 1 atom stereocenters. The van der Waals surface area contributed by atoms with Gasteiger partial charge in [-0.15, -0.1) is 10.2 Å². The number of rotatable bonds is 2. The Morgan fingerprint density at radius 3 is 2.84 bits per heavy atom. The van der Waals surface area contributed by atoms with E-state index < -0.39 is 5.60 Å². The molecule has 0 radical (unpaired) electrons. The van der Waals surface area contributed by atoms with E-state index >= 15 is 0 Å². The third-order valence-electron chi connectivity index (χ3n) is 2.49. The van der Waals surface area contributed by atoms with Crippen molar-refractivity contribution in [2.45, 2.75) is 42.4 Å². The normalized spacial score (nSPS) is 19.7. The quantitative estimate of drug-likeness (QED) is 0.902. The number of nitrogen functional groups attached to an aromatic ring is 1. The van der Waals surface area contributed by atoms with Gasteiger partial charge in [0.05, 0.1) is 0 Å². The number of amides is 1. The van der Waals surface area contributed by atoms with E-state index in [1.807, 2.05) is 20.8 Å². The molecule has 19 heavy (non-hydrogen) atoms. The fraction of sp³-hybridized carbons (Fsp3) is 0.727. The fourth-order valence-electron chi connectivity index (χ4n) is 1.73. The molecule has 0 aliphatic carbocycles. The first-order valence-electron chi connectivity index (χ1n) is 6.07. The molecule has 1 fully saturated rings. The Labute approximate surface area is 120 Å². The van der Waals surface area contributed by atoms with Gasteiger partial charge >= 0.3 is 6.09 Å². The summed E-state index contributed by atoms with van der Waals surface area (Å²) in [6.45, 7) is 7.02. The standard InChI is InChI=1S/C11H18N4O2S2/c1-11(2,3)17-10(16)15-5-4-7(6-15)18-9-14-13-8(12)19-9/h7H,4-6H2,1-3H3,(H2,12,13)/t7-/m1/s1. The lowest BCUT2D eigenvalue weighted by Gasteiger charge is -2.24. The molecule has 2 N–H and O–H groups in total. The van der Waals surface area contributed by atoms with Gasteiger partial charge in [0, 0.05) is 18.3 Å². The highest BCUT2D eigenvalue weighted by Gasteiger charge is 2.30. The third kappa shape index (κ3) is 4.24. The van der Waals surface area contributed by atoms with Crippen molar-refractivity contribution in [3.05, 3.63) is 0 Å². The number of ether oxygens (including phenoxy) is 1. The molecule has 6 nitrogen and oxygen atoms in total. The van der Waals surface area contributed by atoms with Gasteiger partial charge < -0.3 is 15.4 Å². The highest BCUT2D eigenvalue weighted by molar-refractivity contribution is 8.01. The molecule has 1 saturated heterocycles. The van der Waals surface area contributed by atoms with Crippen LogP contribution in [0.1, 0.15) is 27.2 Å². The minimum absolute atomic E-state index is 0.243. The molecule has 0 saturated carbocycles. The van der Waals surface area contributed by atoms with E-state index in [1.54, 1.807) is 16.7 Å². The maximum atomic E-state index is 11.9. The molecule has 2 heterocycles. The Hall–Kier alpha value is -1.02. The summed E-state index contributed by atoms with van der Waals surface area (Å²) in [7, 11) is 0. The van der Waals surface area contributed by atoms with Crippen molar-refractivity contribution in [2.24, 2.45) is 0 Å². The van der Waals surface area contributed by atoms with Crippen molar-refractivity contribution in [1.82, 2.24) is 15.1 Å². The summed E-state index contributed by atoms with van der Waals surface area (Å²) in [5, 5.41) is 8.57. The molecule has 1 aromatic heterocycles. The predicted octanol–water partition coefficient (Wildman–Crippen LogP) is 2.22. The van der Waals surface area contributed by atoms with E-state index in [-0.39, 0.29) is 6.09 Å². The average molecular weight is 302 g/mol. The van der Waals surface area contributed by atoms with Gasteiger partial charge in [-0.1, -0.05) is 23.1 Å². The number of anilines is 1. The summed E-state index contributed by atoms with van der Waals surface area (Å²) in [6.07, 6.45) is 0.691. The van der Waals surface area contributed by atoms with Crippen LogP contribution in [0.4, 0.5) is 9.93 Å². The van der Waals surface area contributed by atoms with E-state index in [2.05, 4.69) is 10.2 Å². The Kier molecular flexibility index (Phi) is 4.19. The van der Waals surface area contributed by atoms with Crippen LogP contribution in [0.3, 0.4) is 0 Å². The number of nitrogens with zero attached hydrogens (tertiary/aromatic N) is 3. The van der Waals surface area contributed by atoms with Gasteiger partial charge in [-0.05, 0) is 27.2 Å². The predicted molar refractivity (Wildman–Crippen MR) is 76.4 cm³/mol. The van der Waals surface area contributed by atoms with Crippen LogP contribution in [0.2, 0.25) is 0 Å². The number of carbonyl (C=O) groups excluding carboxylic acids is 1. The van der Waals surface area contributed by atoms with Gasteiger partial charge in [-0.2, -0.15) is 0 Å². The van der Waals surface area contributed by atoms with Crippen LogP contribution in [0.5, 0.6) is 0 Å². The monoisotopic (exact) mass is 302 g/mol. The molecule has 8 heteroatoms. The Bertz CT molecular complexity index is 458. The van der Waals surface area contributed by atoms with E-state index in [9.17, 15) is 4.79 Å². The number of nitrogens with two attached hydrogens (primary N) is 1. The lowest BCUT2D eigenvalue weighted by atomic mass is 10.2. The van der Waals surface area contributed by atoms with Gasteiger partial charge in [0.1, 0.15) is 5.60 Å². The van der Waals surface area contributed by atoms with Crippen LogP contribution < -0.4 is 5.73 Å². The Balaban J connectivity index is 1.84. The first-order valence-corrected chi connectivity index (χ1v) is 7.77. The van der Waals surface area contributed by atoms with Crippen LogP contribution in [0, 0.1) is 0 Å². The Morgan fingerprint density at radius 2 is 2.26 bits per heavy atom. The molecule has 1 aliphatic rings. The minimum atomic E-state index is -0.448. The topological polar surface area (TPSA) is 81.3 Å². The Morgan fingerprint density at radius 1 is 1.53 bits per heavy atom. The molecule has 1 aromatic rings. The van der Waals surface area contributed by atoms with E-state index in [0.717, 1.165) is 17.3 Å². The number of thioether (sulfide) groups is 1.